The summed E-state index contributed by atoms with van der Waals surface area (Å²) in [5.41, 5.74) is 4.79. The molecule has 3 N–H and O–H groups in total. The maximum Gasteiger partial charge on any atom is 0.102 e. The quantitative estimate of drug-likeness (QED) is 0.586. The smallest absolute Gasteiger partial charge is 0.102 e. The second kappa shape index (κ2) is 3.09. The van der Waals surface area contributed by atoms with Crippen LogP contribution in [-0.2, 0) is 0 Å². The predicted octanol–water partition coefficient (Wildman–Crippen LogP) is -0.394. The van der Waals surface area contributed by atoms with E-state index in [0.29, 0.717) is 6.54 Å². The van der Waals surface area contributed by atoms with Crippen LogP contribution in [0.3, 0.4) is 0 Å². The van der Waals surface area contributed by atoms with Crippen molar-refractivity contribution in [2.45, 2.75) is 19.4 Å². The molecule has 1 fully saturated rings. The van der Waals surface area contributed by atoms with Crippen LogP contribution >= 0.6 is 0 Å². The molecule has 3 heteroatoms. The monoisotopic (exact) mass is 157 g/mol. The number of rotatable bonds is 3. The molecule has 1 saturated heterocycles. The number of aliphatic hydroxyl groups is 1. The van der Waals surface area contributed by atoms with Crippen LogP contribution < -0.4 is 5.73 Å². The number of nitrogens with two attached hydrogens (primary N) is 1. The van der Waals surface area contributed by atoms with Crippen molar-refractivity contribution in [1.29, 1.82) is 0 Å². The largest absolute Gasteiger partial charge is 0.386 e. The Morgan fingerprint density at radius 3 is 2.45 bits per heavy atom. The van der Waals surface area contributed by atoms with Gasteiger partial charge in [-0.1, -0.05) is 13.8 Å². The molecule has 0 aliphatic carbocycles. The predicted molar refractivity (Wildman–Crippen MR) is 45.0 cm³/mol. The highest BCUT2D eigenvalue weighted by Crippen LogP contribution is 2.20. The zero-order valence-electron chi connectivity index (χ0n) is 7.30. The van der Waals surface area contributed by atoms with Crippen molar-refractivity contribution in [2.75, 3.05) is 26.2 Å². The van der Waals surface area contributed by atoms with E-state index in [-0.39, 0.29) is 0 Å². The zero-order valence-corrected chi connectivity index (χ0v) is 7.30. The van der Waals surface area contributed by atoms with E-state index in [1.807, 2.05) is 0 Å². The van der Waals surface area contributed by atoms with Gasteiger partial charge >= 0.3 is 0 Å². The summed E-state index contributed by atoms with van der Waals surface area (Å²) in [4.78, 5) is 2.20. The lowest BCUT2D eigenvalue weighted by molar-refractivity contribution is -0.0875. The summed E-state index contributed by atoms with van der Waals surface area (Å²) in [7, 11) is 0. The van der Waals surface area contributed by atoms with Gasteiger partial charge in [-0.05, 0) is 5.92 Å². The number of likely N-dealkylation sites (tertiary alicyclic amines) is 1. The van der Waals surface area contributed by atoms with Gasteiger partial charge in [0.25, 0.3) is 0 Å². The molecule has 0 unspecified atom stereocenters. The lowest BCUT2D eigenvalue weighted by Gasteiger charge is -2.46. The Balaban J connectivity index is 2.18. The van der Waals surface area contributed by atoms with E-state index >= 15 is 0 Å². The summed E-state index contributed by atoms with van der Waals surface area (Å²) in [6.45, 7) is 7.03. The zero-order chi connectivity index (χ0) is 8.48. The van der Waals surface area contributed by atoms with Crippen LogP contribution in [0.4, 0.5) is 0 Å². The van der Waals surface area contributed by atoms with Gasteiger partial charge in [-0.25, -0.2) is 0 Å². The minimum absolute atomic E-state index is 0.381. The molecule has 0 aromatic carbocycles. The molecule has 0 aromatic rings. The van der Waals surface area contributed by atoms with Gasteiger partial charge in [0.05, 0.1) is 0 Å². The standard InChI is InChI=1S/C8H17N2O/c1-7(2)3-10-5-8(11,4-9)6-10/h11H,3-6,9H2,1-2H3. The van der Waals surface area contributed by atoms with Crippen molar-refractivity contribution in [1.82, 2.24) is 4.90 Å². The third-order valence-electron chi connectivity index (χ3n) is 1.96. The molecular formula is C8H17N2O. The molecule has 0 aromatic heterocycles. The van der Waals surface area contributed by atoms with Crippen LogP contribution in [0.25, 0.3) is 0 Å². The first-order valence-electron chi connectivity index (χ1n) is 3.99. The summed E-state index contributed by atoms with van der Waals surface area (Å²) in [6, 6.07) is 0. The second-order valence-electron chi connectivity index (χ2n) is 3.78. The Kier molecular flexibility index (Phi) is 2.52. The molecule has 0 atom stereocenters. The van der Waals surface area contributed by atoms with Crippen LogP contribution in [0.1, 0.15) is 13.8 Å². The van der Waals surface area contributed by atoms with Crippen LogP contribution in [-0.4, -0.2) is 41.8 Å². The Bertz CT molecular complexity index is 130. The van der Waals surface area contributed by atoms with Gasteiger partial charge in [0, 0.05) is 26.2 Å². The number of nitrogens with zero attached hydrogens (tertiary/aromatic N) is 1. The molecule has 0 saturated carbocycles. The first-order chi connectivity index (χ1) is 5.06. The summed E-state index contributed by atoms with van der Waals surface area (Å²) in [5, 5.41) is 9.53. The third-order valence-corrected chi connectivity index (χ3v) is 1.96. The summed E-state index contributed by atoms with van der Waals surface area (Å²) in [5.74, 6) is 1.38. The van der Waals surface area contributed by atoms with Crippen molar-refractivity contribution in [3.63, 3.8) is 0 Å². The summed E-state index contributed by atoms with van der Waals surface area (Å²) >= 11 is 0. The van der Waals surface area contributed by atoms with Gasteiger partial charge in [0.15, 0.2) is 0 Å². The Hall–Kier alpha value is -0.120. The molecule has 11 heavy (non-hydrogen) atoms. The number of β-amino-alcohol motifs (C(OH)–C–C–N with tert-alkyl or cyclic N) is 1. The maximum atomic E-state index is 9.53. The highest BCUT2D eigenvalue weighted by molar-refractivity contribution is 4.99. The molecule has 1 aliphatic heterocycles. The molecule has 0 amide bonds. The average Bonchev–Trinajstić information content (AvgIpc) is 1.83. The Labute approximate surface area is 68.2 Å². The topological polar surface area (TPSA) is 49.5 Å². The number of hydrogen-bond donors (Lipinski definition) is 2. The van der Waals surface area contributed by atoms with Crippen molar-refractivity contribution in [2.24, 2.45) is 5.73 Å². The van der Waals surface area contributed by atoms with E-state index < -0.39 is 5.60 Å². The summed E-state index contributed by atoms with van der Waals surface area (Å²) in [6.07, 6.45) is 0. The van der Waals surface area contributed by atoms with Crippen molar-refractivity contribution in [3.8, 4) is 0 Å². The molecule has 0 spiro atoms. The molecule has 3 nitrogen and oxygen atoms in total. The second-order valence-corrected chi connectivity index (χ2v) is 3.78. The van der Waals surface area contributed by atoms with Crippen molar-refractivity contribution in [3.05, 3.63) is 5.92 Å². The van der Waals surface area contributed by atoms with Crippen LogP contribution in [0, 0.1) is 5.92 Å². The van der Waals surface area contributed by atoms with E-state index in [0.717, 1.165) is 19.6 Å². The van der Waals surface area contributed by atoms with Crippen LogP contribution in [0.2, 0.25) is 0 Å². The Morgan fingerprint density at radius 1 is 1.55 bits per heavy atom. The first-order valence-corrected chi connectivity index (χ1v) is 3.99. The molecular weight excluding hydrogens is 140 g/mol. The number of hydrogen-bond acceptors (Lipinski definition) is 3. The van der Waals surface area contributed by atoms with Gasteiger partial charge in [-0.2, -0.15) is 0 Å². The summed E-state index contributed by atoms with van der Waals surface area (Å²) < 4.78 is 0. The van der Waals surface area contributed by atoms with E-state index in [4.69, 9.17) is 5.73 Å². The minimum Gasteiger partial charge on any atom is -0.386 e. The van der Waals surface area contributed by atoms with Crippen LogP contribution in [0.5, 0.6) is 0 Å². The normalized spacial score (nSPS) is 23.7. The van der Waals surface area contributed by atoms with Crippen molar-refractivity contribution < 1.29 is 5.11 Å². The van der Waals surface area contributed by atoms with Crippen molar-refractivity contribution >= 4 is 0 Å². The lowest BCUT2D eigenvalue weighted by Crippen LogP contribution is -2.65. The van der Waals surface area contributed by atoms with Gasteiger partial charge in [0.2, 0.25) is 0 Å². The van der Waals surface area contributed by atoms with Gasteiger partial charge < -0.3 is 10.8 Å². The SMILES string of the molecule is C[C](C)CN1CC(O)(CN)C1. The fraction of sp³-hybridized carbons (Fsp3) is 0.875. The fourth-order valence-electron chi connectivity index (χ4n) is 1.47. The Morgan fingerprint density at radius 2 is 2.09 bits per heavy atom. The molecule has 1 aliphatic rings. The van der Waals surface area contributed by atoms with E-state index in [1.54, 1.807) is 0 Å². The van der Waals surface area contributed by atoms with E-state index in [1.165, 1.54) is 5.92 Å². The highest BCUT2D eigenvalue weighted by Gasteiger charge is 2.39. The molecule has 65 valence electrons. The van der Waals surface area contributed by atoms with Crippen LogP contribution in [0.15, 0.2) is 0 Å². The highest BCUT2D eigenvalue weighted by atomic mass is 16.3. The van der Waals surface area contributed by atoms with E-state index in [9.17, 15) is 5.11 Å². The maximum absolute atomic E-state index is 9.53. The molecule has 1 radical (unpaired) electrons. The molecule has 0 bridgehead atoms. The first kappa shape index (κ1) is 8.97. The average molecular weight is 157 g/mol. The molecule has 1 rings (SSSR count). The van der Waals surface area contributed by atoms with E-state index in [2.05, 4.69) is 18.7 Å². The third kappa shape index (κ3) is 2.15. The van der Waals surface area contributed by atoms with Gasteiger partial charge in [-0.15, -0.1) is 0 Å². The molecule has 1 heterocycles. The fourth-order valence-corrected chi connectivity index (χ4v) is 1.47. The minimum atomic E-state index is -0.588. The van der Waals surface area contributed by atoms with Gasteiger partial charge in [0.1, 0.15) is 5.60 Å². The lowest BCUT2D eigenvalue weighted by atomic mass is 9.93. The van der Waals surface area contributed by atoms with Gasteiger partial charge in [-0.3, -0.25) is 4.90 Å².